The van der Waals surface area contributed by atoms with Crippen molar-refractivity contribution in [3.63, 3.8) is 0 Å². The highest BCUT2D eigenvalue weighted by Gasteiger charge is 2.33. The number of carbonyl (C=O) groups is 2. The molecular weight excluding hydrogens is 514 g/mol. The van der Waals surface area contributed by atoms with Crippen molar-refractivity contribution in [1.82, 2.24) is 10.2 Å². The lowest BCUT2D eigenvalue weighted by molar-refractivity contribution is -0.139. The average molecular weight is 552 g/mol. The third-order valence-corrected chi connectivity index (χ3v) is 7.91. The number of nitrogens with zero attached hydrogens (tertiary/aromatic N) is 2. The van der Waals surface area contributed by atoms with Crippen molar-refractivity contribution in [2.24, 2.45) is 0 Å². The van der Waals surface area contributed by atoms with Gasteiger partial charge in [0.05, 0.1) is 17.7 Å². The molecule has 1 N–H and O–H groups in total. The molecule has 0 aromatic heterocycles. The van der Waals surface area contributed by atoms with E-state index in [0.29, 0.717) is 17.9 Å². The standard InChI is InChI=1S/C30H37N3O5S/c1-23(29(35)31-30(2,3)4)32(21-20-24-12-8-6-9-13-24)28(34)22-33(25-16-18-26(38-5)19-17-25)39(36,37)27-14-10-7-11-15-27/h6-19,23H,20-22H2,1-5H3,(H,31,35)/t23-/m1/s1. The van der Waals surface area contributed by atoms with Crippen LogP contribution in [0.4, 0.5) is 5.69 Å². The zero-order valence-corrected chi connectivity index (χ0v) is 23.9. The van der Waals surface area contributed by atoms with Crippen LogP contribution in [0.1, 0.15) is 33.3 Å². The summed E-state index contributed by atoms with van der Waals surface area (Å²) in [6.45, 7) is 7.02. The second kappa shape index (κ2) is 12.8. The van der Waals surface area contributed by atoms with Crippen LogP contribution in [0.3, 0.4) is 0 Å². The molecule has 0 radical (unpaired) electrons. The molecule has 3 aromatic carbocycles. The molecule has 0 heterocycles. The third kappa shape index (κ3) is 8.07. The van der Waals surface area contributed by atoms with Gasteiger partial charge in [0.2, 0.25) is 11.8 Å². The molecule has 0 saturated carbocycles. The minimum Gasteiger partial charge on any atom is -0.497 e. The van der Waals surface area contributed by atoms with E-state index in [9.17, 15) is 18.0 Å². The molecule has 0 saturated heterocycles. The minimum absolute atomic E-state index is 0.0583. The Labute approximate surface area is 231 Å². The number of hydrogen-bond donors (Lipinski definition) is 1. The molecule has 1 atom stereocenters. The number of methoxy groups -OCH3 is 1. The second-order valence-electron chi connectivity index (χ2n) is 10.3. The summed E-state index contributed by atoms with van der Waals surface area (Å²) in [5, 5.41) is 2.93. The van der Waals surface area contributed by atoms with Gasteiger partial charge in [-0.15, -0.1) is 0 Å². The molecule has 3 aromatic rings. The van der Waals surface area contributed by atoms with Crippen LogP contribution in [-0.2, 0) is 26.0 Å². The number of amides is 2. The molecule has 39 heavy (non-hydrogen) atoms. The fraction of sp³-hybridized carbons (Fsp3) is 0.333. The molecule has 0 spiro atoms. The quantitative estimate of drug-likeness (QED) is 0.384. The van der Waals surface area contributed by atoms with Crippen LogP contribution in [0.2, 0.25) is 0 Å². The van der Waals surface area contributed by atoms with E-state index in [1.54, 1.807) is 49.4 Å². The molecule has 208 valence electrons. The summed E-state index contributed by atoms with van der Waals surface area (Å²) in [6, 6.07) is 23.2. The minimum atomic E-state index is -4.10. The lowest BCUT2D eigenvalue weighted by Crippen LogP contribution is -2.55. The van der Waals surface area contributed by atoms with Gasteiger partial charge in [0.1, 0.15) is 18.3 Å². The first-order valence-corrected chi connectivity index (χ1v) is 14.2. The molecule has 0 aliphatic heterocycles. The predicted octanol–water partition coefficient (Wildman–Crippen LogP) is 4.27. The summed E-state index contributed by atoms with van der Waals surface area (Å²) < 4.78 is 33.8. The van der Waals surface area contributed by atoms with E-state index in [1.807, 2.05) is 51.1 Å². The number of ether oxygens (including phenoxy) is 1. The van der Waals surface area contributed by atoms with Crippen LogP contribution in [0.5, 0.6) is 5.75 Å². The van der Waals surface area contributed by atoms with E-state index in [-0.39, 0.29) is 17.3 Å². The monoisotopic (exact) mass is 551 g/mol. The van der Waals surface area contributed by atoms with E-state index in [0.717, 1.165) is 9.87 Å². The van der Waals surface area contributed by atoms with E-state index >= 15 is 0 Å². The zero-order chi connectivity index (χ0) is 28.6. The Morgan fingerprint density at radius 2 is 1.46 bits per heavy atom. The predicted molar refractivity (Wildman–Crippen MR) is 153 cm³/mol. The highest BCUT2D eigenvalue weighted by atomic mass is 32.2. The molecule has 8 nitrogen and oxygen atoms in total. The van der Waals surface area contributed by atoms with Gasteiger partial charge >= 0.3 is 0 Å². The SMILES string of the molecule is COc1ccc(N(CC(=O)N(CCc2ccccc2)[C@H](C)C(=O)NC(C)(C)C)S(=O)(=O)c2ccccc2)cc1. The number of rotatable bonds is 11. The van der Waals surface area contributed by atoms with Crippen LogP contribution < -0.4 is 14.4 Å². The summed E-state index contributed by atoms with van der Waals surface area (Å²) in [4.78, 5) is 28.5. The van der Waals surface area contributed by atoms with Gasteiger partial charge in [-0.25, -0.2) is 8.42 Å². The fourth-order valence-corrected chi connectivity index (χ4v) is 5.48. The van der Waals surface area contributed by atoms with E-state index in [4.69, 9.17) is 4.74 Å². The Hall–Kier alpha value is -3.85. The summed E-state index contributed by atoms with van der Waals surface area (Å²) >= 11 is 0. The number of carbonyl (C=O) groups excluding carboxylic acids is 2. The topological polar surface area (TPSA) is 96.0 Å². The van der Waals surface area contributed by atoms with E-state index in [1.165, 1.54) is 24.1 Å². The number of nitrogens with one attached hydrogen (secondary N) is 1. The van der Waals surface area contributed by atoms with Crippen LogP contribution in [0.25, 0.3) is 0 Å². The average Bonchev–Trinajstić information content (AvgIpc) is 2.92. The first kappa shape index (κ1) is 29.7. The van der Waals surface area contributed by atoms with E-state index < -0.39 is 34.1 Å². The number of benzene rings is 3. The summed E-state index contributed by atoms with van der Waals surface area (Å²) in [5.41, 5.74) is 0.816. The normalized spacial score (nSPS) is 12.3. The Bertz CT molecular complexity index is 1340. The van der Waals surface area contributed by atoms with Gasteiger partial charge in [-0.05, 0) is 76.1 Å². The highest BCUT2D eigenvalue weighted by Crippen LogP contribution is 2.26. The van der Waals surface area contributed by atoms with Crippen LogP contribution in [0, 0.1) is 0 Å². The summed E-state index contributed by atoms with van der Waals surface area (Å²) in [6.07, 6.45) is 0.508. The Kier molecular flexibility index (Phi) is 9.75. The largest absolute Gasteiger partial charge is 0.497 e. The lowest BCUT2D eigenvalue weighted by atomic mass is 10.1. The molecule has 0 fully saturated rings. The maximum absolute atomic E-state index is 13.9. The van der Waals surface area contributed by atoms with Crippen molar-refractivity contribution in [3.05, 3.63) is 90.5 Å². The molecule has 0 aliphatic carbocycles. The molecule has 2 amide bonds. The first-order chi connectivity index (χ1) is 18.4. The zero-order valence-electron chi connectivity index (χ0n) is 23.1. The molecule has 0 unspecified atom stereocenters. The Morgan fingerprint density at radius 3 is 2.00 bits per heavy atom. The van der Waals surface area contributed by atoms with Crippen molar-refractivity contribution in [2.45, 2.75) is 50.6 Å². The molecule has 0 aliphatic rings. The Morgan fingerprint density at radius 1 is 0.897 bits per heavy atom. The van der Waals surface area contributed by atoms with Crippen molar-refractivity contribution in [1.29, 1.82) is 0 Å². The van der Waals surface area contributed by atoms with Crippen LogP contribution >= 0.6 is 0 Å². The number of sulfonamides is 1. The van der Waals surface area contributed by atoms with Gasteiger partial charge in [0, 0.05) is 12.1 Å². The third-order valence-electron chi connectivity index (χ3n) is 6.12. The smallest absolute Gasteiger partial charge is 0.264 e. The maximum atomic E-state index is 13.9. The molecule has 0 bridgehead atoms. The van der Waals surface area contributed by atoms with Crippen molar-refractivity contribution in [3.8, 4) is 5.75 Å². The molecular formula is C30H37N3O5S. The summed E-state index contributed by atoms with van der Waals surface area (Å²) in [5.74, 6) is -0.247. The lowest BCUT2D eigenvalue weighted by Gasteiger charge is -2.33. The summed E-state index contributed by atoms with van der Waals surface area (Å²) in [7, 11) is -2.58. The molecule has 3 rings (SSSR count). The highest BCUT2D eigenvalue weighted by molar-refractivity contribution is 7.92. The van der Waals surface area contributed by atoms with Gasteiger partial charge in [-0.1, -0.05) is 48.5 Å². The molecule has 9 heteroatoms. The van der Waals surface area contributed by atoms with Crippen molar-refractivity contribution < 1.29 is 22.7 Å². The maximum Gasteiger partial charge on any atom is 0.264 e. The van der Waals surface area contributed by atoms with Crippen LogP contribution in [-0.4, -0.2) is 56.9 Å². The van der Waals surface area contributed by atoms with Crippen LogP contribution in [0.15, 0.2) is 89.8 Å². The number of hydrogen-bond acceptors (Lipinski definition) is 5. The fourth-order valence-electron chi connectivity index (χ4n) is 4.04. The van der Waals surface area contributed by atoms with Gasteiger partial charge < -0.3 is 15.0 Å². The van der Waals surface area contributed by atoms with Gasteiger partial charge in [0.15, 0.2) is 0 Å². The van der Waals surface area contributed by atoms with Crippen molar-refractivity contribution >= 4 is 27.5 Å². The van der Waals surface area contributed by atoms with Gasteiger partial charge in [0.25, 0.3) is 10.0 Å². The number of anilines is 1. The Balaban J connectivity index is 1.97. The van der Waals surface area contributed by atoms with Crippen molar-refractivity contribution in [2.75, 3.05) is 24.5 Å². The van der Waals surface area contributed by atoms with Gasteiger partial charge in [-0.2, -0.15) is 0 Å². The van der Waals surface area contributed by atoms with Gasteiger partial charge in [-0.3, -0.25) is 13.9 Å². The first-order valence-electron chi connectivity index (χ1n) is 12.8. The second-order valence-corrected chi connectivity index (χ2v) is 12.1. The van der Waals surface area contributed by atoms with E-state index in [2.05, 4.69) is 5.32 Å².